The van der Waals surface area contributed by atoms with Crippen LogP contribution < -0.4 is 0 Å². The summed E-state index contributed by atoms with van der Waals surface area (Å²) in [5.41, 5.74) is 0. The van der Waals surface area contributed by atoms with Crippen LogP contribution in [0.2, 0.25) is 0 Å². The Kier molecular flexibility index (Phi) is 5.34. The Morgan fingerprint density at radius 3 is 2.00 bits per heavy atom. The second-order valence-electron chi connectivity index (χ2n) is 2.56. The molecular formula is C7H12Br2O2. The predicted octanol–water partition coefficient (Wildman–Crippen LogP) is 2.48. The van der Waals surface area contributed by atoms with Gasteiger partial charge in [0, 0.05) is 4.83 Å². The van der Waals surface area contributed by atoms with Crippen LogP contribution in [0.3, 0.4) is 0 Å². The Labute approximate surface area is 83.9 Å². The second-order valence-corrected chi connectivity index (χ2v) is 5.00. The van der Waals surface area contributed by atoms with Crippen molar-refractivity contribution in [2.45, 2.75) is 36.5 Å². The number of ether oxygens (including phenoxy) is 1. The van der Waals surface area contributed by atoms with E-state index in [4.69, 9.17) is 4.74 Å². The average Bonchev–Trinajstić information content (AvgIpc) is 1.84. The van der Waals surface area contributed by atoms with E-state index in [1.807, 2.05) is 20.8 Å². The van der Waals surface area contributed by atoms with Crippen LogP contribution >= 0.6 is 31.9 Å². The molecule has 0 aliphatic rings. The zero-order chi connectivity index (χ0) is 9.02. The highest BCUT2D eigenvalue weighted by Gasteiger charge is 2.21. The molecule has 0 aromatic rings. The highest BCUT2D eigenvalue weighted by molar-refractivity contribution is 9.12. The molecule has 0 spiro atoms. The van der Waals surface area contributed by atoms with Crippen molar-refractivity contribution in [1.29, 1.82) is 0 Å². The molecule has 0 aliphatic heterocycles. The van der Waals surface area contributed by atoms with Gasteiger partial charge in [0.2, 0.25) is 0 Å². The molecule has 0 saturated heterocycles. The van der Waals surface area contributed by atoms with Crippen molar-refractivity contribution in [3.63, 3.8) is 0 Å². The molecule has 66 valence electrons. The maximum atomic E-state index is 11.1. The molecule has 0 heterocycles. The van der Waals surface area contributed by atoms with Gasteiger partial charge in [-0.25, -0.2) is 0 Å². The van der Waals surface area contributed by atoms with Crippen molar-refractivity contribution in [2.75, 3.05) is 0 Å². The highest BCUT2D eigenvalue weighted by atomic mass is 79.9. The molecule has 0 saturated carbocycles. The summed E-state index contributed by atoms with van der Waals surface area (Å²) in [6, 6.07) is 0. The molecule has 0 bridgehead atoms. The molecule has 0 N–H and O–H groups in total. The highest BCUT2D eigenvalue weighted by Crippen LogP contribution is 2.15. The number of carbonyl (C=O) groups excluding carboxylic acids is 1. The van der Waals surface area contributed by atoms with Crippen LogP contribution in [-0.2, 0) is 9.53 Å². The van der Waals surface area contributed by atoms with Crippen molar-refractivity contribution in [1.82, 2.24) is 0 Å². The first kappa shape index (κ1) is 11.4. The summed E-state index contributed by atoms with van der Waals surface area (Å²) in [6.45, 7) is 5.55. The lowest BCUT2D eigenvalue weighted by molar-refractivity contribution is -0.146. The van der Waals surface area contributed by atoms with Crippen LogP contribution in [0.15, 0.2) is 0 Å². The molecular weight excluding hydrogens is 276 g/mol. The number of halogens is 2. The lowest BCUT2D eigenvalue weighted by atomic mass is 10.3. The smallest absolute Gasteiger partial charge is 0.321 e. The van der Waals surface area contributed by atoms with Gasteiger partial charge in [0.1, 0.15) is 4.83 Å². The summed E-state index contributed by atoms with van der Waals surface area (Å²) in [7, 11) is 0. The third-order valence-corrected chi connectivity index (χ3v) is 3.39. The fraction of sp³-hybridized carbons (Fsp3) is 0.857. The minimum absolute atomic E-state index is 0.0474. The Balaban J connectivity index is 3.83. The third kappa shape index (κ3) is 4.80. The number of esters is 1. The summed E-state index contributed by atoms with van der Waals surface area (Å²) in [5.74, 6) is -0.218. The molecule has 0 aromatic heterocycles. The quantitative estimate of drug-likeness (QED) is 0.589. The molecule has 0 amide bonds. The maximum absolute atomic E-state index is 11.1. The van der Waals surface area contributed by atoms with Crippen LogP contribution in [0.25, 0.3) is 0 Å². The zero-order valence-corrected chi connectivity index (χ0v) is 9.98. The van der Waals surface area contributed by atoms with Gasteiger partial charge in [0.05, 0.1) is 6.10 Å². The summed E-state index contributed by atoms with van der Waals surface area (Å²) >= 11 is 6.50. The molecule has 0 fully saturated rings. The number of carbonyl (C=O) groups is 1. The Morgan fingerprint density at radius 1 is 1.27 bits per heavy atom. The van der Waals surface area contributed by atoms with Crippen molar-refractivity contribution in [3.8, 4) is 0 Å². The topological polar surface area (TPSA) is 26.3 Å². The molecule has 0 aromatic carbocycles. The minimum atomic E-state index is -0.259. The lowest BCUT2D eigenvalue weighted by Gasteiger charge is -2.13. The number of hydrogen-bond acceptors (Lipinski definition) is 2. The van der Waals surface area contributed by atoms with E-state index in [0.717, 1.165) is 0 Å². The fourth-order valence-electron chi connectivity index (χ4n) is 0.485. The maximum Gasteiger partial charge on any atom is 0.321 e. The molecule has 2 atom stereocenters. The van der Waals surface area contributed by atoms with Crippen molar-refractivity contribution in [3.05, 3.63) is 0 Å². The summed E-state index contributed by atoms with van der Waals surface area (Å²) in [6.07, 6.45) is -0.0474. The van der Waals surface area contributed by atoms with Crippen molar-refractivity contribution in [2.24, 2.45) is 0 Å². The minimum Gasteiger partial charge on any atom is -0.462 e. The van der Waals surface area contributed by atoms with Gasteiger partial charge in [-0.15, -0.1) is 0 Å². The van der Waals surface area contributed by atoms with Crippen LogP contribution in [-0.4, -0.2) is 21.7 Å². The van der Waals surface area contributed by atoms with Gasteiger partial charge in [-0.1, -0.05) is 38.8 Å². The van der Waals surface area contributed by atoms with Gasteiger partial charge in [0.15, 0.2) is 0 Å². The van der Waals surface area contributed by atoms with E-state index < -0.39 is 0 Å². The predicted molar refractivity (Wildman–Crippen MR) is 52.3 cm³/mol. The summed E-state index contributed by atoms with van der Waals surface area (Å²) in [4.78, 5) is 10.9. The van der Waals surface area contributed by atoms with E-state index in [9.17, 15) is 4.79 Å². The molecule has 0 radical (unpaired) electrons. The average molecular weight is 288 g/mol. The molecule has 2 nitrogen and oxygen atoms in total. The largest absolute Gasteiger partial charge is 0.462 e. The van der Waals surface area contributed by atoms with Crippen LogP contribution in [0.1, 0.15) is 20.8 Å². The van der Waals surface area contributed by atoms with Crippen molar-refractivity contribution >= 4 is 37.8 Å². The van der Waals surface area contributed by atoms with E-state index in [0.29, 0.717) is 0 Å². The first-order chi connectivity index (χ1) is 4.95. The van der Waals surface area contributed by atoms with E-state index in [1.165, 1.54) is 0 Å². The molecule has 0 rings (SSSR count). The van der Waals surface area contributed by atoms with Gasteiger partial charge < -0.3 is 4.74 Å². The molecule has 2 unspecified atom stereocenters. The summed E-state index contributed by atoms with van der Waals surface area (Å²) < 4.78 is 4.96. The van der Waals surface area contributed by atoms with E-state index in [1.54, 1.807) is 0 Å². The molecule has 4 heteroatoms. The van der Waals surface area contributed by atoms with Gasteiger partial charge >= 0.3 is 5.97 Å². The molecule has 0 aliphatic carbocycles. The monoisotopic (exact) mass is 286 g/mol. The van der Waals surface area contributed by atoms with Crippen molar-refractivity contribution < 1.29 is 9.53 Å². The van der Waals surface area contributed by atoms with E-state index >= 15 is 0 Å². The van der Waals surface area contributed by atoms with Crippen LogP contribution in [0.4, 0.5) is 0 Å². The number of alkyl halides is 2. The normalized spacial score (nSPS) is 16.2. The van der Waals surface area contributed by atoms with E-state index in [2.05, 4.69) is 31.9 Å². The second kappa shape index (κ2) is 5.14. The Hall–Kier alpha value is 0.430. The van der Waals surface area contributed by atoms with Gasteiger partial charge in [-0.3, -0.25) is 4.79 Å². The van der Waals surface area contributed by atoms with Gasteiger partial charge in [-0.05, 0) is 13.8 Å². The first-order valence-corrected chi connectivity index (χ1v) is 5.27. The Bertz CT molecular complexity index is 134. The first-order valence-electron chi connectivity index (χ1n) is 3.43. The molecule has 11 heavy (non-hydrogen) atoms. The van der Waals surface area contributed by atoms with Gasteiger partial charge in [-0.2, -0.15) is 0 Å². The van der Waals surface area contributed by atoms with E-state index in [-0.39, 0.29) is 21.7 Å². The SMILES string of the molecule is CC(C)OC(=O)C(Br)C(C)Br. The number of rotatable bonds is 3. The van der Waals surface area contributed by atoms with Crippen LogP contribution in [0.5, 0.6) is 0 Å². The standard InChI is InChI=1S/C7H12Br2O2/c1-4(2)11-7(10)6(9)5(3)8/h4-6H,1-3H3. The lowest BCUT2D eigenvalue weighted by Crippen LogP contribution is -2.26. The van der Waals surface area contributed by atoms with Gasteiger partial charge in [0.25, 0.3) is 0 Å². The Morgan fingerprint density at radius 2 is 1.73 bits per heavy atom. The summed E-state index contributed by atoms with van der Waals surface area (Å²) in [5, 5.41) is 0. The van der Waals surface area contributed by atoms with Crippen LogP contribution in [0, 0.1) is 0 Å². The number of hydrogen-bond donors (Lipinski definition) is 0. The zero-order valence-electron chi connectivity index (χ0n) is 6.80. The fourth-order valence-corrected chi connectivity index (χ4v) is 0.809. The third-order valence-electron chi connectivity index (χ3n) is 0.980.